The van der Waals surface area contributed by atoms with Crippen molar-refractivity contribution < 1.29 is 4.79 Å². The van der Waals surface area contributed by atoms with E-state index in [1.54, 1.807) is 17.2 Å². The summed E-state index contributed by atoms with van der Waals surface area (Å²) >= 11 is 0. The zero-order chi connectivity index (χ0) is 18.5. The monoisotopic (exact) mass is 348 g/mol. The van der Waals surface area contributed by atoms with Gasteiger partial charge in [-0.1, -0.05) is 31.2 Å². The quantitative estimate of drug-likeness (QED) is 0.607. The van der Waals surface area contributed by atoms with Gasteiger partial charge in [0, 0.05) is 24.8 Å². The van der Waals surface area contributed by atoms with Gasteiger partial charge in [-0.3, -0.25) is 4.79 Å². The molecule has 1 aromatic carbocycles. The molecule has 1 amide bonds. The Kier molecular flexibility index (Phi) is 5.46. The maximum Gasteiger partial charge on any atom is 0.254 e. The molecule has 0 spiro atoms. The fraction of sp³-hybridized carbons (Fsp3) is 0.286. The van der Waals surface area contributed by atoms with Crippen LogP contribution in [0.3, 0.4) is 0 Å². The molecule has 2 aromatic heterocycles. The molecule has 134 valence electrons. The Balaban J connectivity index is 1.97. The predicted octanol–water partition coefficient (Wildman–Crippen LogP) is 3.98. The van der Waals surface area contributed by atoms with Crippen LogP contribution in [0.15, 0.2) is 55.3 Å². The van der Waals surface area contributed by atoms with Crippen LogP contribution < -0.4 is 0 Å². The van der Waals surface area contributed by atoms with E-state index in [9.17, 15) is 4.79 Å². The van der Waals surface area contributed by atoms with Crippen LogP contribution in [0.25, 0.3) is 11.2 Å². The number of nitrogens with zero attached hydrogens (tertiary/aromatic N) is 4. The highest BCUT2D eigenvalue weighted by atomic mass is 16.2. The number of hydrogen-bond acceptors (Lipinski definition) is 3. The van der Waals surface area contributed by atoms with Gasteiger partial charge < -0.3 is 9.47 Å². The molecule has 0 aliphatic carbocycles. The van der Waals surface area contributed by atoms with Gasteiger partial charge >= 0.3 is 0 Å². The van der Waals surface area contributed by atoms with Gasteiger partial charge in [0.05, 0.1) is 6.54 Å². The maximum atomic E-state index is 13.1. The molecule has 0 N–H and O–H groups in total. The summed E-state index contributed by atoms with van der Waals surface area (Å²) in [5, 5.41) is 0. The highest BCUT2D eigenvalue weighted by Crippen LogP contribution is 2.18. The molecule has 5 heteroatoms. The number of imidazole rings is 1. The Morgan fingerprint density at radius 3 is 2.81 bits per heavy atom. The molecule has 0 aliphatic rings. The van der Waals surface area contributed by atoms with Crippen LogP contribution in [0.4, 0.5) is 0 Å². The van der Waals surface area contributed by atoms with E-state index < -0.39 is 0 Å². The minimum Gasteiger partial charge on any atom is -0.327 e. The van der Waals surface area contributed by atoms with E-state index >= 15 is 0 Å². The summed E-state index contributed by atoms with van der Waals surface area (Å²) in [6, 6.07) is 11.5. The SMILES string of the molecule is C=CCN(Cc1nc2cccnc2n1CCC)C(=O)c1ccccc1C. The van der Waals surface area contributed by atoms with E-state index in [4.69, 9.17) is 4.98 Å². The fourth-order valence-electron chi connectivity index (χ4n) is 3.11. The molecule has 0 aliphatic heterocycles. The highest BCUT2D eigenvalue weighted by molar-refractivity contribution is 5.95. The Morgan fingerprint density at radius 2 is 2.08 bits per heavy atom. The lowest BCUT2D eigenvalue weighted by molar-refractivity contribution is 0.0756. The first-order chi connectivity index (χ1) is 12.7. The third-order valence-electron chi connectivity index (χ3n) is 4.37. The van der Waals surface area contributed by atoms with Gasteiger partial charge in [0.25, 0.3) is 5.91 Å². The normalized spacial score (nSPS) is 10.8. The van der Waals surface area contributed by atoms with Crippen LogP contribution in [0, 0.1) is 6.92 Å². The van der Waals surface area contributed by atoms with E-state index in [2.05, 4.69) is 23.1 Å². The molecule has 0 bridgehead atoms. The van der Waals surface area contributed by atoms with Gasteiger partial charge in [-0.25, -0.2) is 9.97 Å². The summed E-state index contributed by atoms with van der Waals surface area (Å²) in [5.41, 5.74) is 3.41. The number of benzene rings is 1. The number of hydrogen-bond donors (Lipinski definition) is 0. The second-order valence-electron chi connectivity index (χ2n) is 6.32. The molecule has 0 saturated heterocycles. The Morgan fingerprint density at radius 1 is 1.27 bits per heavy atom. The summed E-state index contributed by atoms with van der Waals surface area (Å²) < 4.78 is 2.11. The Bertz CT molecular complexity index is 929. The van der Waals surface area contributed by atoms with Gasteiger partial charge in [0.2, 0.25) is 0 Å². The summed E-state index contributed by atoms with van der Waals surface area (Å²) in [6.45, 7) is 9.60. The molecule has 0 unspecified atom stereocenters. The van der Waals surface area contributed by atoms with Crippen LogP contribution in [0.1, 0.15) is 35.1 Å². The number of rotatable bonds is 7. The number of aryl methyl sites for hydroxylation is 2. The molecule has 3 rings (SSSR count). The van der Waals surface area contributed by atoms with E-state index in [1.807, 2.05) is 43.3 Å². The van der Waals surface area contributed by atoms with E-state index in [1.165, 1.54) is 0 Å². The zero-order valence-electron chi connectivity index (χ0n) is 15.4. The third kappa shape index (κ3) is 3.52. The zero-order valence-corrected chi connectivity index (χ0v) is 15.4. The summed E-state index contributed by atoms with van der Waals surface area (Å²) in [7, 11) is 0. The van der Waals surface area contributed by atoms with Crippen molar-refractivity contribution in [3.8, 4) is 0 Å². The van der Waals surface area contributed by atoms with Gasteiger partial charge in [0.1, 0.15) is 11.3 Å². The van der Waals surface area contributed by atoms with Gasteiger partial charge in [0.15, 0.2) is 5.65 Å². The predicted molar refractivity (Wildman–Crippen MR) is 104 cm³/mol. The largest absolute Gasteiger partial charge is 0.327 e. The number of fused-ring (bicyclic) bond motifs is 1. The number of carbonyl (C=O) groups excluding carboxylic acids is 1. The Labute approximate surface area is 154 Å². The van der Waals surface area contributed by atoms with Crippen LogP contribution in [0.5, 0.6) is 0 Å². The molecule has 0 atom stereocenters. The average molecular weight is 348 g/mol. The second-order valence-corrected chi connectivity index (χ2v) is 6.32. The lowest BCUT2D eigenvalue weighted by atomic mass is 10.1. The molecule has 3 aromatic rings. The molecular weight excluding hydrogens is 324 g/mol. The minimum atomic E-state index is -0.00827. The second kappa shape index (κ2) is 7.95. The van der Waals surface area contributed by atoms with Crippen LogP contribution in [-0.4, -0.2) is 31.9 Å². The number of pyridine rings is 1. The smallest absolute Gasteiger partial charge is 0.254 e. The topological polar surface area (TPSA) is 51.0 Å². The first-order valence-corrected chi connectivity index (χ1v) is 8.91. The van der Waals surface area contributed by atoms with Crippen molar-refractivity contribution in [3.63, 3.8) is 0 Å². The maximum absolute atomic E-state index is 13.1. The number of aromatic nitrogens is 3. The Hall–Kier alpha value is -2.95. The van der Waals surface area contributed by atoms with Crippen molar-refractivity contribution in [2.24, 2.45) is 0 Å². The fourth-order valence-corrected chi connectivity index (χ4v) is 3.11. The van der Waals surface area contributed by atoms with Crippen LogP contribution in [0.2, 0.25) is 0 Å². The third-order valence-corrected chi connectivity index (χ3v) is 4.37. The summed E-state index contributed by atoms with van der Waals surface area (Å²) in [6.07, 6.45) is 4.50. The molecular formula is C21H24N4O. The van der Waals surface area contributed by atoms with Crippen LogP contribution in [-0.2, 0) is 13.1 Å². The number of carbonyl (C=O) groups is 1. The van der Waals surface area contributed by atoms with E-state index in [0.29, 0.717) is 18.7 Å². The van der Waals surface area contributed by atoms with Crippen LogP contribution >= 0.6 is 0 Å². The summed E-state index contributed by atoms with van der Waals surface area (Å²) in [4.78, 5) is 24.0. The molecule has 26 heavy (non-hydrogen) atoms. The van der Waals surface area contributed by atoms with E-state index in [-0.39, 0.29) is 5.91 Å². The van der Waals surface area contributed by atoms with Crippen molar-refractivity contribution in [2.45, 2.75) is 33.4 Å². The minimum absolute atomic E-state index is 0.00827. The van der Waals surface area contributed by atoms with Crippen molar-refractivity contribution in [2.75, 3.05) is 6.54 Å². The van der Waals surface area contributed by atoms with Crippen molar-refractivity contribution in [1.82, 2.24) is 19.4 Å². The molecule has 0 saturated carbocycles. The lowest BCUT2D eigenvalue weighted by Gasteiger charge is -2.22. The first-order valence-electron chi connectivity index (χ1n) is 8.91. The van der Waals surface area contributed by atoms with Crippen molar-refractivity contribution >= 4 is 17.1 Å². The molecule has 0 radical (unpaired) electrons. The summed E-state index contributed by atoms with van der Waals surface area (Å²) in [5.74, 6) is 0.843. The lowest BCUT2D eigenvalue weighted by Crippen LogP contribution is -2.32. The van der Waals surface area contributed by atoms with Crippen molar-refractivity contribution in [3.05, 3.63) is 72.2 Å². The van der Waals surface area contributed by atoms with E-state index in [0.717, 1.165) is 35.5 Å². The molecule has 5 nitrogen and oxygen atoms in total. The first kappa shape index (κ1) is 17.9. The van der Waals surface area contributed by atoms with Gasteiger partial charge in [-0.2, -0.15) is 0 Å². The van der Waals surface area contributed by atoms with Crippen molar-refractivity contribution in [1.29, 1.82) is 0 Å². The molecule has 2 heterocycles. The molecule has 0 fully saturated rings. The average Bonchev–Trinajstić information content (AvgIpc) is 2.99. The van der Waals surface area contributed by atoms with Gasteiger partial charge in [-0.05, 0) is 37.1 Å². The standard InChI is InChI=1S/C21H24N4O/c1-4-13-24(21(26)17-10-7-6-9-16(17)3)15-19-23-18-11-8-12-22-20(18)25(19)14-5-2/h4,6-12H,1,5,13-15H2,2-3H3. The highest BCUT2D eigenvalue weighted by Gasteiger charge is 2.20. The van der Waals surface area contributed by atoms with Gasteiger partial charge in [-0.15, -0.1) is 6.58 Å². The number of amides is 1.